The van der Waals surface area contributed by atoms with E-state index in [0.29, 0.717) is 6.16 Å². The van der Waals surface area contributed by atoms with Gasteiger partial charge in [-0.3, -0.25) is 4.57 Å². The minimum Gasteiger partial charge on any atom is -0.453 e. The number of unbranched alkanes of at least 4 members (excludes halogenated alkanes) is 1. The Morgan fingerprint density at radius 1 is 1.78 bits per heavy atom. The molecular formula is C6H13O2P. The lowest BCUT2D eigenvalue weighted by molar-refractivity contribution is 0.462. The summed E-state index contributed by atoms with van der Waals surface area (Å²) < 4.78 is 15.3. The molecule has 0 saturated heterocycles. The highest BCUT2D eigenvalue weighted by Crippen LogP contribution is 2.23. The van der Waals surface area contributed by atoms with Crippen LogP contribution >= 0.6 is 8.03 Å². The maximum Gasteiger partial charge on any atom is 0.235 e. The van der Waals surface area contributed by atoms with Gasteiger partial charge in [-0.2, -0.15) is 0 Å². The van der Waals surface area contributed by atoms with Gasteiger partial charge in [0.05, 0.1) is 6.26 Å². The number of hydrogen-bond donors (Lipinski definition) is 0. The van der Waals surface area contributed by atoms with Gasteiger partial charge < -0.3 is 4.52 Å². The molecule has 0 radical (unpaired) electrons. The molecule has 0 N–H and O–H groups in total. The fraction of sp³-hybridized carbons (Fsp3) is 0.667. The average molecular weight is 148 g/mol. The Kier molecular flexibility index (Phi) is 5.75. The summed E-state index contributed by atoms with van der Waals surface area (Å²) in [6.07, 6.45) is 3.98. The van der Waals surface area contributed by atoms with E-state index in [0.717, 1.165) is 12.8 Å². The Labute approximate surface area is 56.8 Å². The molecule has 0 aromatic heterocycles. The van der Waals surface area contributed by atoms with Gasteiger partial charge >= 0.3 is 0 Å². The van der Waals surface area contributed by atoms with Crippen LogP contribution in [0.3, 0.4) is 0 Å². The first kappa shape index (κ1) is 8.77. The molecule has 0 rings (SSSR count). The smallest absolute Gasteiger partial charge is 0.235 e. The van der Waals surface area contributed by atoms with Crippen molar-refractivity contribution in [3.05, 3.63) is 12.8 Å². The minimum atomic E-state index is -1.77. The molecule has 0 aliphatic carbocycles. The largest absolute Gasteiger partial charge is 0.453 e. The third-order valence-electron chi connectivity index (χ3n) is 0.949. The first-order chi connectivity index (χ1) is 4.31. The summed E-state index contributed by atoms with van der Waals surface area (Å²) in [7, 11) is -1.77. The van der Waals surface area contributed by atoms with Crippen molar-refractivity contribution < 1.29 is 9.09 Å². The molecule has 0 bridgehead atoms. The standard InChI is InChI=1S/C6H13O2P/c1-3-5-6-9(7)8-4-2/h4,9H,2-3,5-6H2,1H3. The van der Waals surface area contributed by atoms with Crippen LogP contribution in [0.4, 0.5) is 0 Å². The van der Waals surface area contributed by atoms with Gasteiger partial charge in [0, 0.05) is 6.16 Å². The molecule has 3 heteroatoms. The van der Waals surface area contributed by atoms with E-state index in [1.807, 2.05) is 0 Å². The molecule has 1 unspecified atom stereocenters. The highest BCUT2D eigenvalue weighted by atomic mass is 31.1. The van der Waals surface area contributed by atoms with Gasteiger partial charge in [-0.25, -0.2) is 0 Å². The molecule has 0 spiro atoms. The first-order valence-electron chi connectivity index (χ1n) is 3.11. The molecule has 2 nitrogen and oxygen atoms in total. The Balaban J connectivity index is 3.16. The molecule has 0 aliphatic rings. The summed E-state index contributed by atoms with van der Waals surface area (Å²) in [4.78, 5) is 0. The maximum atomic E-state index is 10.7. The molecular weight excluding hydrogens is 135 g/mol. The lowest BCUT2D eigenvalue weighted by Crippen LogP contribution is -1.76. The Morgan fingerprint density at radius 2 is 2.44 bits per heavy atom. The van der Waals surface area contributed by atoms with Gasteiger partial charge in [-0.15, -0.1) is 0 Å². The predicted molar refractivity (Wildman–Crippen MR) is 40.1 cm³/mol. The zero-order valence-electron chi connectivity index (χ0n) is 5.72. The SMILES string of the molecule is C=CO[PH](=O)CCCC. The Hall–Kier alpha value is -0.230. The van der Waals surface area contributed by atoms with Gasteiger partial charge in [0.15, 0.2) is 0 Å². The predicted octanol–water partition coefficient (Wildman–Crippen LogP) is 2.42. The monoisotopic (exact) mass is 148 g/mol. The van der Waals surface area contributed by atoms with Crippen LogP contribution in [0, 0.1) is 0 Å². The van der Waals surface area contributed by atoms with Gasteiger partial charge in [-0.1, -0.05) is 19.9 Å². The van der Waals surface area contributed by atoms with Crippen LogP contribution in [0.15, 0.2) is 12.8 Å². The third kappa shape index (κ3) is 5.64. The van der Waals surface area contributed by atoms with E-state index < -0.39 is 8.03 Å². The van der Waals surface area contributed by atoms with Crippen molar-refractivity contribution in [1.29, 1.82) is 0 Å². The van der Waals surface area contributed by atoms with Crippen LogP contribution in [0.2, 0.25) is 0 Å². The van der Waals surface area contributed by atoms with Crippen molar-refractivity contribution in [2.75, 3.05) is 6.16 Å². The normalized spacial score (nSPS) is 12.6. The molecule has 0 aromatic carbocycles. The first-order valence-corrected chi connectivity index (χ1v) is 4.64. The van der Waals surface area contributed by atoms with Crippen molar-refractivity contribution in [1.82, 2.24) is 0 Å². The van der Waals surface area contributed by atoms with E-state index in [9.17, 15) is 4.57 Å². The zero-order chi connectivity index (χ0) is 7.11. The minimum absolute atomic E-state index is 0.688. The Bertz CT molecular complexity index is 101. The molecule has 0 fully saturated rings. The van der Waals surface area contributed by atoms with Crippen molar-refractivity contribution in [3.63, 3.8) is 0 Å². The van der Waals surface area contributed by atoms with Gasteiger partial charge in [0.2, 0.25) is 8.03 Å². The summed E-state index contributed by atoms with van der Waals surface area (Å²) in [5.74, 6) is 0. The van der Waals surface area contributed by atoms with Crippen LogP contribution in [-0.4, -0.2) is 6.16 Å². The molecule has 0 aromatic rings. The fourth-order valence-electron chi connectivity index (χ4n) is 0.473. The van der Waals surface area contributed by atoms with Gasteiger partial charge in [0.1, 0.15) is 0 Å². The quantitative estimate of drug-likeness (QED) is 0.442. The topological polar surface area (TPSA) is 26.3 Å². The lowest BCUT2D eigenvalue weighted by Gasteiger charge is -1.97. The Morgan fingerprint density at radius 3 is 2.89 bits per heavy atom. The van der Waals surface area contributed by atoms with Crippen molar-refractivity contribution >= 4 is 8.03 Å². The second-order valence-corrected chi connectivity index (χ2v) is 3.24. The van der Waals surface area contributed by atoms with E-state index in [-0.39, 0.29) is 0 Å². The second-order valence-electron chi connectivity index (χ2n) is 1.76. The summed E-state index contributed by atoms with van der Waals surface area (Å²) in [6, 6.07) is 0. The van der Waals surface area contributed by atoms with E-state index >= 15 is 0 Å². The highest BCUT2D eigenvalue weighted by molar-refractivity contribution is 7.39. The summed E-state index contributed by atoms with van der Waals surface area (Å²) in [6.45, 7) is 5.37. The molecule has 9 heavy (non-hydrogen) atoms. The fourth-order valence-corrected chi connectivity index (χ4v) is 1.42. The van der Waals surface area contributed by atoms with Gasteiger partial charge in [-0.05, 0) is 6.42 Å². The van der Waals surface area contributed by atoms with Crippen molar-refractivity contribution in [2.45, 2.75) is 19.8 Å². The van der Waals surface area contributed by atoms with E-state index in [4.69, 9.17) is 0 Å². The van der Waals surface area contributed by atoms with Gasteiger partial charge in [0.25, 0.3) is 0 Å². The second kappa shape index (κ2) is 5.90. The molecule has 0 heterocycles. The van der Waals surface area contributed by atoms with Crippen molar-refractivity contribution in [2.24, 2.45) is 0 Å². The lowest BCUT2D eigenvalue weighted by atomic mass is 10.4. The summed E-state index contributed by atoms with van der Waals surface area (Å²) in [5, 5.41) is 0. The van der Waals surface area contributed by atoms with Crippen LogP contribution in [-0.2, 0) is 9.09 Å². The molecule has 1 atom stereocenters. The number of hydrogen-bond acceptors (Lipinski definition) is 2. The third-order valence-corrected chi connectivity index (χ3v) is 2.14. The average Bonchev–Trinajstić information content (AvgIpc) is 1.85. The van der Waals surface area contributed by atoms with E-state index in [1.165, 1.54) is 6.26 Å². The van der Waals surface area contributed by atoms with E-state index in [1.54, 1.807) is 0 Å². The highest BCUT2D eigenvalue weighted by Gasteiger charge is 1.93. The molecule has 0 aliphatic heterocycles. The van der Waals surface area contributed by atoms with Crippen molar-refractivity contribution in [3.8, 4) is 0 Å². The maximum absolute atomic E-state index is 10.7. The molecule has 0 saturated carbocycles. The molecule has 0 amide bonds. The summed E-state index contributed by atoms with van der Waals surface area (Å²) in [5.41, 5.74) is 0. The number of rotatable bonds is 5. The van der Waals surface area contributed by atoms with Crippen LogP contribution < -0.4 is 0 Å². The van der Waals surface area contributed by atoms with Crippen LogP contribution in [0.1, 0.15) is 19.8 Å². The molecule has 54 valence electrons. The van der Waals surface area contributed by atoms with Crippen LogP contribution in [0.5, 0.6) is 0 Å². The summed E-state index contributed by atoms with van der Waals surface area (Å²) >= 11 is 0. The van der Waals surface area contributed by atoms with Crippen LogP contribution in [0.25, 0.3) is 0 Å². The van der Waals surface area contributed by atoms with E-state index in [2.05, 4.69) is 18.0 Å². The zero-order valence-corrected chi connectivity index (χ0v) is 6.72.